The van der Waals surface area contributed by atoms with Gasteiger partial charge >= 0.3 is 0 Å². The summed E-state index contributed by atoms with van der Waals surface area (Å²) in [7, 11) is 1.54. The van der Waals surface area contributed by atoms with Crippen LogP contribution in [0.4, 0.5) is 0 Å². The first kappa shape index (κ1) is 25.2. The molecule has 6 nitrogen and oxygen atoms in total. The number of carbonyl (C=O) groups excluding carboxylic acids is 2. The highest BCUT2D eigenvalue weighted by atomic mass is 35.5. The molecule has 2 amide bonds. The van der Waals surface area contributed by atoms with E-state index in [9.17, 15) is 9.59 Å². The molecule has 0 heterocycles. The van der Waals surface area contributed by atoms with Crippen molar-refractivity contribution in [1.82, 2.24) is 10.2 Å². The van der Waals surface area contributed by atoms with Gasteiger partial charge in [-0.05, 0) is 49.1 Å². The summed E-state index contributed by atoms with van der Waals surface area (Å²) in [5.41, 5.74) is 0.707. The number of hydrogen-bond donors (Lipinski definition) is 1. The molecule has 178 valence electrons. The zero-order chi connectivity index (χ0) is 23.8. The van der Waals surface area contributed by atoms with Crippen molar-refractivity contribution in [2.75, 3.05) is 13.7 Å². The number of nitrogens with zero attached hydrogens (tertiary/aromatic N) is 1. The van der Waals surface area contributed by atoms with Crippen molar-refractivity contribution in [2.45, 2.75) is 57.7 Å². The van der Waals surface area contributed by atoms with Crippen LogP contribution in [0, 0.1) is 0 Å². The second-order valence-corrected chi connectivity index (χ2v) is 8.95. The highest BCUT2D eigenvalue weighted by molar-refractivity contribution is 6.35. The molecule has 8 heteroatoms. The van der Waals surface area contributed by atoms with E-state index < -0.39 is 6.04 Å². The predicted octanol–water partition coefficient (Wildman–Crippen LogP) is 5.25. The number of ether oxygens (including phenoxy) is 2. The largest absolute Gasteiger partial charge is 0.493 e. The van der Waals surface area contributed by atoms with E-state index in [4.69, 9.17) is 32.7 Å². The molecule has 0 aliphatic heterocycles. The number of rotatable bonds is 10. The predicted molar refractivity (Wildman–Crippen MR) is 130 cm³/mol. The Bertz CT molecular complexity index is 963. The molecule has 0 saturated heterocycles. The van der Waals surface area contributed by atoms with Crippen molar-refractivity contribution in [3.05, 3.63) is 58.1 Å². The van der Waals surface area contributed by atoms with E-state index in [0.29, 0.717) is 33.5 Å². The highest BCUT2D eigenvalue weighted by Crippen LogP contribution is 2.27. The third-order valence-corrected chi connectivity index (χ3v) is 6.45. The number of hydrogen-bond acceptors (Lipinski definition) is 4. The molecular formula is C25H30Cl2N2O4. The Kier molecular flexibility index (Phi) is 9.27. The fraction of sp³-hybridized carbons (Fsp3) is 0.440. The van der Waals surface area contributed by atoms with Gasteiger partial charge < -0.3 is 19.7 Å². The molecule has 33 heavy (non-hydrogen) atoms. The smallest absolute Gasteiger partial charge is 0.261 e. The van der Waals surface area contributed by atoms with E-state index in [2.05, 4.69) is 5.32 Å². The lowest BCUT2D eigenvalue weighted by Crippen LogP contribution is -2.52. The normalized spacial score (nSPS) is 14.5. The number of carbonyl (C=O) groups is 2. The number of halogens is 2. The fourth-order valence-corrected chi connectivity index (χ4v) is 4.55. The standard InChI is InChI=1S/C25H30Cl2N2O4/c1-3-21(25(31)28-19-8-4-5-9-19)29(15-17-12-13-18(26)14-20(17)27)24(30)16-33-23-11-7-6-10-22(23)32-2/h6-7,10-14,19,21H,3-5,8-9,15-16H2,1-2H3,(H,28,31)/t21-/m1/s1. The van der Waals surface area contributed by atoms with Crippen LogP contribution in [-0.4, -0.2) is 42.5 Å². The molecule has 1 fully saturated rings. The summed E-state index contributed by atoms with van der Waals surface area (Å²) >= 11 is 12.4. The third kappa shape index (κ3) is 6.78. The van der Waals surface area contributed by atoms with Crippen LogP contribution in [-0.2, 0) is 16.1 Å². The molecule has 2 aromatic carbocycles. The molecular weight excluding hydrogens is 463 g/mol. The number of benzene rings is 2. The van der Waals surface area contributed by atoms with Gasteiger partial charge in [-0.25, -0.2) is 0 Å². The minimum atomic E-state index is -0.647. The van der Waals surface area contributed by atoms with Crippen molar-refractivity contribution < 1.29 is 19.1 Å². The van der Waals surface area contributed by atoms with Gasteiger partial charge in [0.2, 0.25) is 5.91 Å². The van der Waals surface area contributed by atoms with Crippen LogP contribution in [0.15, 0.2) is 42.5 Å². The van der Waals surface area contributed by atoms with Crippen molar-refractivity contribution in [3.8, 4) is 11.5 Å². The number of methoxy groups -OCH3 is 1. The quantitative estimate of drug-likeness (QED) is 0.491. The maximum absolute atomic E-state index is 13.4. The summed E-state index contributed by atoms with van der Waals surface area (Å²) in [6.45, 7) is 1.82. The number of para-hydroxylation sites is 2. The number of nitrogens with one attached hydrogen (secondary N) is 1. The van der Waals surface area contributed by atoms with E-state index in [-0.39, 0.29) is 31.0 Å². The first-order valence-corrected chi connectivity index (χ1v) is 12.0. The van der Waals surface area contributed by atoms with Crippen molar-refractivity contribution in [2.24, 2.45) is 0 Å². The van der Waals surface area contributed by atoms with E-state index in [0.717, 1.165) is 25.7 Å². The zero-order valence-corrected chi connectivity index (χ0v) is 20.5. The molecule has 1 aliphatic rings. The van der Waals surface area contributed by atoms with Crippen LogP contribution in [0.2, 0.25) is 10.0 Å². The zero-order valence-electron chi connectivity index (χ0n) is 19.0. The lowest BCUT2D eigenvalue weighted by atomic mass is 10.1. The molecule has 1 saturated carbocycles. The Morgan fingerprint density at radius 2 is 1.82 bits per heavy atom. The summed E-state index contributed by atoms with van der Waals surface area (Å²) in [5.74, 6) is 0.519. The molecule has 1 N–H and O–H groups in total. The Hall–Kier alpha value is -2.44. The fourth-order valence-electron chi connectivity index (χ4n) is 4.08. The lowest BCUT2D eigenvalue weighted by Gasteiger charge is -2.31. The van der Waals surface area contributed by atoms with Crippen LogP contribution in [0.1, 0.15) is 44.6 Å². The first-order chi connectivity index (χ1) is 15.9. The van der Waals surface area contributed by atoms with Crippen molar-refractivity contribution >= 4 is 35.0 Å². The van der Waals surface area contributed by atoms with Gasteiger partial charge in [0.25, 0.3) is 5.91 Å². The Balaban J connectivity index is 1.81. The lowest BCUT2D eigenvalue weighted by molar-refractivity contribution is -0.143. The minimum absolute atomic E-state index is 0.153. The molecule has 3 rings (SSSR count). The van der Waals surface area contributed by atoms with Gasteiger partial charge in [-0.15, -0.1) is 0 Å². The van der Waals surface area contributed by atoms with Crippen molar-refractivity contribution in [1.29, 1.82) is 0 Å². The van der Waals surface area contributed by atoms with Gasteiger partial charge in [-0.3, -0.25) is 9.59 Å². The van der Waals surface area contributed by atoms with E-state index in [1.807, 2.05) is 13.0 Å². The summed E-state index contributed by atoms with van der Waals surface area (Å²) in [4.78, 5) is 28.0. The average Bonchev–Trinajstić information content (AvgIpc) is 3.31. The summed E-state index contributed by atoms with van der Waals surface area (Å²) in [5, 5.41) is 4.07. The van der Waals surface area contributed by atoms with Crippen LogP contribution in [0.25, 0.3) is 0 Å². The molecule has 1 atom stereocenters. The number of amides is 2. The Morgan fingerprint density at radius 1 is 1.12 bits per heavy atom. The van der Waals surface area contributed by atoms with Gasteiger partial charge in [0.05, 0.1) is 7.11 Å². The molecule has 0 unspecified atom stereocenters. The second-order valence-electron chi connectivity index (χ2n) is 8.11. The Labute approximate surface area is 205 Å². The topological polar surface area (TPSA) is 67.9 Å². The minimum Gasteiger partial charge on any atom is -0.493 e. The molecule has 2 aromatic rings. The third-order valence-electron chi connectivity index (χ3n) is 5.86. The van der Waals surface area contributed by atoms with Gasteiger partial charge in [0.15, 0.2) is 18.1 Å². The summed E-state index contributed by atoms with van der Waals surface area (Å²) in [6, 6.07) is 11.8. The van der Waals surface area contributed by atoms with Gasteiger partial charge in [0.1, 0.15) is 6.04 Å². The summed E-state index contributed by atoms with van der Waals surface area (Å²) in [6.07, 6.45) is 4.62. The second kappa shape index (κ2) is 12.1. The van der Waals surface area contributed by atoms with Gasteiger partial charge in [0, 0.05) is 22.6 Å². The Morgan fingerprint density at radius 3 is 2.45 bits per heavy atom. The highest BCUT2D eigenvalue weighted by Gasteiger charge is 2.31. The summed E-state index contributed by atoms with van der Waals surface area (Å²) < 4.78 is 11.1. The van der Waals surface area contributed by atoms with E-state index in [1.54, 1.807) is 43.5 Å². The molecule has 1 aliphatic carbocycles. The monoisotopic (exact) mass is 492 g/mol. The first-order valence-electron chi connectivity index (χ1n) is 11.2. The van der Waals surface area contributed by atoms with Crippen molar-refractivity contribution in [3.63, 3.8) is 0 Å². The van der Waals surface area contributed by atoms with Crippen LogP contribution in [0.5, 0.6) is 11.5 Å². The van der Waals surface area contributed by atoms with Gasteiger partial charge in [-0.1, -0.05) is 61.2 Å². The van der Waals surface area contributed by atoms with E-state index in [1.165, 1.54) is 4.90 Å². The molecule has 0 aromatic heterocycles. The van der Waals surface area contributed by atoms with Crippen LogP contribution < -0.4 is 14.8 Å². The molecule has 0 radical (unpaired) electrons. The molecule has 0 spiro atoms. The van der Waals surface area contributed by atoms with Crippen LogP contribution >= 0.6 is 23.2 Å². The molecule has 0 bridgehead atoms. The van der Waals surface area contributed by atoms with Crippen LogP contribution in [0.3, 0.4) is 0 Å². The maximum Gasteiger partial charge on any atom is 0.261 e. The van der Waals surface area contributed by atoms with E-state index >= 15 is 0 Å². The SMILES string of the molecule is CC[C@H](C(=O)NC1CCCC1)N(Cc1ccc(Cl)cc1Cl)C(=O)COc1ccccc1OC. The average molecular weight is 493 g/mol. The maximum atomic E-state index is 13.4. The van der Waals surface area contributed by atoms with Gasteiger partial charge in [-0.2, -0.15) is 0 Å².